The van der Waals surface area contributed by atoms with Crippen molar-refractivity contribution in [2.45, 2.75) is 25.6 Å². The van der Waals surface area contributed by atoms with E-state index in [2.05, 4.69) is 0 Å². The highest BCUT2D eigenvalue weighted by Crippen LogP contribution is 2.41. The number of nitrogens with one attached hydrogen (secondary N) is 1. The largest absolute Gasteiger partial charge is 0.454 e. The van der Waals surface area contributed by atoms with Gasteiger partial charge in [-0.05, 0) is 49.7 Å². The van der Waals surface area contributed by atoms with Gasteiger partial charge in [0.25, 0.3) is 11.5 Å². The van der Waals surface area contributed by atoms with Crippen LogP contribution in [0.3, 0.4) is 0 Å². The molecule has 0 aliphatic rings. The predicted octanol–water partition coefficient (Wildman–Crippen LogP) is 5.86. The molecule has 0 saturated heterocycles. The molecule has 1 amide bonds. The standard InChI is InChI=1S/C26H21F5N2O4S/c1-25(2,36)13-4-6-19(37-20-7-5-14(27)9-18(20)28)15(8-13)17-11-33(3)24(35)22-16(17)10-21(38-22)23(34)32-12-26(29,30)31/h4-11,36H,12H2,1-3H3,(H,32,34). The van der Waals surface area contributed by atoms with E-state index in [1.54, 1.807) is 17.4 Å². The minimum absolute atomic E-state index is 0.0812. The number of fused-ring (bicyclic) bond motifs is 1. The molecule has 38 heavy (non-hydrogen) atoms. The molecule has 0 atom stereocenters. The van der Waals surface area contributed by atoms with Gasteiger partial charge in [-0.3, -0.25) is 9.59 Å². The number of benzene rings is 2. The van der Waals surface area contributed by atoms with Gasteiger partial charge in [-0.25, -0.2) is 8.78 Å². The summed E-state index contributed by atoms with van der Waals surface area (Å²) in [6, 6.07) is 8.61. The van der Waals surface area contributed by atoms with Crippen molar-refractivity contribution in [2.24, 2.45) is 7.05 Å². The molecule has 0 aliphatic heterocycles. The molecular weight excluding hydrogens is 531 g/mol. The highest BCUT2D eigenvalue weighted by molar-refractivity contribution is 7.20. The van der Waals surface area contributed by atoms with E-state index in [0.29, 0.717) is 17.2 Å². The van der Waals surface area contributed by atoms with Gasteiger partial charge in [0, 0.05) is 35.8 Å². The molecule has 6 nitrogen and oxygen atoms in total. The van der Waals surface area contributed by atoms with Gasteiger partial charge in [0.1, 0.15) is 22.8 Å². The van der Waals surface area contributed by atoms with Gasteiger partial charge >= 0.3 is 6.18 Å². The summed E-state index contributed by atoms with van der Waals surface area (Å²) in [5.74, 6) is -2.99. The number of carbonyl (C=O) groups is 1. The fourth-order valence-corrected chi connectivity index (χ4v) is 4.78. The Balaban J connectivity index is 1.91. The Morgan fingerprint density at radius 3 is 2.37 bits per heavy atom. The maximum atomic E-state index is 14.4. The molecule has 4 aromatic rings. The van der Waals surface area contributed by atoms with E-state index in [9.17, 15) is 36.6 Å². The number of aromatic nitrogens is 1. The van der Waals surface area contributed by atoms with E-state index >= 15 is 0 Å². The molecule has 2 aromatic carbocycles. The van der Waals surface area contributed by atoms with E-state index in [1.807, 2.05) is 0 Å². The molecule has 0 spiro atoms. The Morgan fingerprint density at radius 1 is 1.05 bits per heavy atom. The molecule has 0 radical (unpaired) electrons. The van der Waals surface area contributed by atoms with Crippen molar-refractivity contribution in [3.05, 3.63) is 81.1 Å². The summed E-state index contributed by atoms with van der Waals surface area (Å²) in [4.78, 5) is 25.1. The third kappa shape index (κ3) is 5.70. The van der Waals surface area contributed by atoms with Crippen molar-refractivity contribution in [1.29, 1.82) is 0 Å². The molecule has 0 unspecified atom stereocenters. The van der Waals surface area contributed by atoms with Crippen molar-refractivity contribution in [3.63, 3.8) is 0 Å². The first-order chi connectivity index (χ1) is 17.6. The molecule has 0 bridgehead atoms. The molecular formula is C26H21F5N2O4S. The van der Waals surface area contributed by atoms with Crippen LogP contribution in [0.4, 0.5) is 22.0 Å². The molecule has 4 rings (SSSR count). The summed E-state index contributed by atoms with van der Waals surface area (Å²) >= 11 is 0.725. The zero-order chi connectivity index (χ0) is 28.0. The van der Waals surface area contributed by atoms with E-state index in [1.165, 1.54) is 43.8 Å². The maximum absolute atomic E-state index is 14.4. The van der Waals surface area contributed by atoms with Crippen molar-refractivity contribution < 1.29 is 36.6 Å². The molecule has 2 heterocycles. The van der Waals surface area contributed by atoms with E-state index in [0.717, 1.165) is 23.5 Å². The summed E-state index contributed by atoms with van der Waals surface area (Å²) in [6.07, 6.45) is -3.18. The minimum atomic E-state index is -4.62. The average molecular weight is 553 g/mol. The topological polar surface area (TPSA) is 80.6 Å². The second-order valence-electron chi connectivity index (χ2n) is 9.06. The SMILES string of the molecule is Cn1cc(-c2cc(C(C)(C)O)ccc2Oc2ccc(F)cc2F)c2cc(C(=O)NCC(F)(F)F)sc2c1=O. The number of aliphatic hydroxyl groups is 1. The van der Waals surface area contributed by atoms with E-state index in [-0.39, 0.29) is 32.0 Å². The van der Waals surface area contributed by atoms with Gasteiger partial charge in [0.05, 0.1) is 10.5 Å². The second-order valence-corrected chi connectivity index (χ2v) is 10.1. The first kappa shape index (κ1) is 27.3. The number of pyridine rings is 1. The fourth-order valence-electron chi connectivity index (χ4n) is 3.71. The van der Waals surface area contributed by atoms with Gasteiger partial charge < -0.3 is 19.7 Å². The van der Waals surface area contributed by atoms with E-state index in [4.69, 9.17) is 4.74 Å². The van der Waals surface area contributed by atoms with Crippen LogP contribution in [0.2, 0.25) is 0 Å². The number of amides is 1. The molecule has 2 aromatic heterocycles. The number of carbonyl (C=O) groups excluding carboxylic acids is 1. The van der Waals surface area contributed by atoms with Gasteiger partial charge in [0.15, 0.2) is 11.6 Å². The Labute approximate surface area is 216 Å². The van der Waals surface area contributed by atoms with Crippen molar-refractivity contribution in [1.82, 2.24) is 9.88 Å². The number of alkyl halides is 3. The molecule has 0 saturated carbocycles. The Morgan fingerprint density at radius 2 is 1.74 bits per heavy atom. The van der Waals surface area contributed by atoms with Crippen molar-refractivity contribution in [2.75, 3.05) is 6.54 Å². The Bertz CT molecular complexity index is 1600. The number of halogens is 5. The van der Waals surface area contributed by atoms with Crippen LogP contribution in [0.1, 0.15) is 29.1 Å². The monoisotopic (exact) mass is 552 g/mol. The number of hydrogen-bond donors (Lipinski definition) is 2. The second kappa shape index (κ2) is 9.84. The molecule has 2 N–H and O–H groups in total. The molecule has 200 valence electrons. The van der Waals surface area contributed by atoms with Crippen LogP contribution in [0.15, 0.2) is 53.5 Å². The number of hydrogen-bond acceptors (Lipinski definition) is 5. The zero-order valence-corrected chi connectivity index (χ0v) is 21.1. The number of nitrogens with zero attached hydrogens (tertiary/aromatic N) is 1. The lowest BCUT2D eigenvalue weighted by molar-refractivity contribution is -0.123. The lowest BCUT2D eigenvalue weighted by atomic mass is 9.93. The average Bonchev–Trinajstić information content (AvgIpc) is 3.27. The number of ether oxygens (including phenoxy) is 1. The highest BCUT2D eigenvalue weighted by atomic mass is 32.1. The molecule has 0 aliphatic carbocycles. The smallest absolute Gasteiger partial charge is 0.405 e. The summed E-state index contributed by atoms with van der Waals surface area (Å²) < 4.78 is 72.7. The lowest BCUT2D eigenvalue weighted by Gasteiger charge is -2.21. The zero-order valence-electron chi connectivity index (χ0n) is 20.2. The van der Waals surface area contributed by atoms with Gasteiger partial charge in [-0.15, -0.1) is 11.3 Å². The maximum Gasteiger partial charge on any atom is 0.405 e. The Hall–Kier alpha value is -3.77. The summed E-state index contributed by atoms with van der Waals surface area (Å²) in [7, 11) is 1.45. The van der Waals surface area contributed by atoms with Crippen LogP contribution in [0, 0.1) is 11.6 Å². The lowest BCUT2D eigenvalue weighted by Crippen LogP contribution is -2.33. The van der Waals surface area contributed by atoms with E-state index < -0.39 is 41.4 Å². The van der Waals surface area contributed by atoms with Crippen LogP contribution < -0.4 is 15.6 Å². The van der Waals surface area contributed by atoms with Crippen LogP contribution in [-0.2, 0) is 12.6 Å². The van der Waals surface area contributed by atoms with Gasteiger partial charge in [-0.2, -0.15) is 13.2 Å². The van der Waals surface area contributed by atoms with Crippen LogP contribution >= 0.6 is 11.3 Å². The summed E-state index contributed by atoms with van der Waals surface area (Å²) in [5.41, 5.74) is -0.759. The normalized spacial score (nSPS) is 12.1. The summed E-state index contributed by atoms with van der Waals surface area (Å²) in [6.45, 7) is 1.53. The third-order valence-electron chi connectivity index (χ3n) is 5.62. The quantitative estimate of drug-likeness (QED) is 0.294. The molecule has 12 heteroatoms. The first-order valence-corrected chi connectivity index (χ1v) is 11.9. The van der Waals surface area contributed by atoms with Crippen molar-refractivity contribution >= 4 is 27.3 Å². The van der Waals surface area contributed by atoms with Crippen LogP contribution in [0.25, 0.3) is 21.2 Å². The predicted molar refractivity (Wildman–Crippen MR) is 133 cm³/mol. The summed E-state index contributed by atoms with van der Waals surface area (Å²) in [5, 5.41) is 12.6. The van der Waals surface area contributed by atoms with Crippen molar-refractivity contribution in [3.8, 4) is 22.6 Å². The number of aryl methyl sites for hydroxylation is 1. The Kier molecular flexibility index (Phi) is 7.06. The number of thiophene rings is 1. The first-order valence-electron chi connectivity index (χ1n) is 11.1. The minimum Gasteiger partial charge on any atom is -0.454 e. The number of rotatable bonds is 6. The van der Waals surface area contributed by atoms with Gasteiger partial charge in [-0.1, -0.05) is 6.07 Å². The fraction of sp³-hybridized carbons (Fsp3) is 0.231. The van der Waals surface area contributed by atoms with Crippen LogP contribution in [0.5, 0.6) is 11.5 Å². The van der Waals surface area contributed by atoms with Crippen LogP contribution in [-0.4, -0.2) is 28.3 Å². The van der Waals surface area contributed by atoms with Gasteiger partial charge in [0.2, 0.25) is 0 Å². The molecule has 0 fully saturated rings. The third-order valence-corrected chi connectivity index (χ3v) is 6.74. The highest BCUT2D eigenvalue weighted by Gasteiger charge is 2.29.